The van der Waals surface area contributed by atoms with Crippen LogP contribution in [0.15, 0.2) is 47.4 Å². The number of ether oxygens (including phenoxy) is 3. The molecule has 2 aliphatic rings. The first-order chi connectivity index (χ1) is 15.4. The molecule has 0 aromatic heterocycles. The maximum Gasteiger partial charge on any atom is 0.257 e. The molecular formula is C23H28N2O6S. The molecule has 32 heavy (non-hydrogen) atoms. The summed E-state index contributed by atoms with van der Waals surface area (Å²) in [5.74, 6) is 1.93. The molecule has 2 aliphatic heterocycles. The summed E-state index contributed by atoms with van der Waals surface area (Å²) in [5, 5.41) is 0. The minimum Gasteiger partial charge on any atom is -0.496 e. The van der Waals surface area contributed by atoms with Gasteiger partial charge < -0.3 is 19.1 Å². The van der Waals surface area contributed by atoms with Gasteiger partial charge >= 0.3 is 0 Å². The summed E-state index contributed by atoms with van der Waals surface area (Å²) >= 11 is 0. The van der Waals surface area contributed by atoms with Gasteiger partial charge in [0.05, 0.1) is 24.1 Å². The van der Waals surface area contributed by atoms with Gasteiger partial charge in [0.15, 0.2) is 11.5 Å². The van der Waals surface area contributed by atoms with Gasteiger partial charge in [0.25, 0.3) is 5.91 Å². The molecule has 1 N–H and O–H groups in total. The Morgan fingerprint density at radius 3 is 2.59 bits per heavy atom. The third kappa shape index (κ3) is 4.83. The van der Waals surface area contributed by atoms with Crippen LogP contribution in [0.25, 0.3) is 0 Å². The third-order valence-electron chi connectivity index (χ3n) is 5.85. The fourth-order valence-corrected chi connectivity index (χ4v) is 4.95. The standard InChI is InChI=1S/C23H28N2O6S/c1-16-9-11-25(12-10-16)23(26)19-13-18(7-8-20(19)29-2)32(27,28)24-14-17-15-30-21-5-3-4-6-22(21)31-17/h3-8,13,16-17,24H,9-12,14-15H2,1-2H3/t17-/m1/s1. The van der Waals surface area contributed by atoms with Gasteiger partial charge in [-0.2, -0.15) is 0 Å². The minimum absolute atomic E-state index is 0.00385. The first kappa shape index (κ1) is 22.4. The monoisotopic (exact) mass is 460 g/mol. The number of nitrogens with zero attached hydrogens (tertiary/aromatic N) is 1. The van der Waals surface area contributed by atoms with Crippen LogP contribution in [0, 0.1) is 5.92 Å². The van der Waals surface area contributed by atoms with E-state index in [0.717, 1.165) is 12.8 Å². The van der Waals surface area contributed by atoms with Crippen molar-refractivity contribution in [3.8, 4) is 17.2 Å². The topological polar surface area (TPSA) is 94.2 Å². The van der Waals surface area contributed by atoms with E-state index in [-0.39, 0.29) is 29.5 Å². The molecule has 1 amide bonds. The van der Waals surface area contributed by atoms with Crippen LogP contribution in [0.4, 0.5) is 0 Å². The van der Waals surface area contributed by atoms with Gasteiger partial charge in [-0.25, -0.2) is 13.1 Å². The summed E-state index contributed by atoms with van der Waals surface area (Å²) in [5.41, 5.74) is 0.246. The second kappa shape index (κ2) is 9.38. The van der Waals surface area contributed by atoms with Crippen molar-refractivity contribution in [2.75, 3.05) is 33.4 Å². The number of nitrogens with one attached hydrogen (secondary N) is 1. The van der Waals surface area contributed by atoms with Crippen LogP contribution in [-0.4, -0.2) is 58.7 Å². The van der Waals surface area contributed by atoms with Crippen LogP contribution in [0.1, 0.15) is 30.1 Å². The molecule has 4 rings (SSSR count). The number of carbonyl (C=O) groups is 1. The van der Waals surface area contributed by atoms with Gasteiger partial charge in [0.1, 0.15) is 18.5 Å². The van der Waals surface area contributed by atoms with E-state index in [1.807, 2.05) is 12.1 Å². The van der Waals surface area contributed by atoms with Crippen molar-refractivity contribution in [1.82, 2.24) is 9.62 Å². The predicted octanol–water partition coefficient (Wildman–Crippen LogP) is 2.69. The van der Waals surface area contributed by atoms with E-state index in [9.17, 15) is 13.2 Å². The van der Waals surface area contributed by atoms with Crippen molar-refractivity contribution in [3.63, 3.8) is 0 Å². The van der Waals surface area contributed by atoms with Crippen LogP contribution in [0.3, 0.4) is 0 Å². The second-order valence-electron chi connectivity index (χ2n) is 8.19. The number of likely N-dealkylation sites (tertiary alicyclic amines) is 1. The summed E-state index contributed by atoms with van der Waals surface area (Å²) in [4.78, 5) is 14.8. The maximum atomic E-state index is 13.1. The number of fused-ring (bicyclic) bond motifs is 1. The number of piperidine rings is 1. The lowest BCUT2D eigenvalue weighted by molar-refractivity contribution is 0.0693. The average Bonchev–Trinajstić information content (AvgIpc) is 2.82. The second-order valence-corrected chi connectivity index (χ2v) is 9.95. The zero-order valence-electron chi connectivity index (χ0n) is 18.2. The fourth-order valence-electron chi connectivity index (χ4n) is 3.85. The van der Waals surface area contributed by atoms with Crippen molar-refractivity contribution in [2.24, 2.45) is 5.92 Å². The van der Waals surface area contributed by atoms with Crippen molar-refractivity contribution >= 4 is 15.9 Å². The molecule has 172 valence electrons. The molecule has 9 heteroatoms. The summed E-state index contributed by atoms with van der Waals surface area (Å²) in [6.45, 7) is 3.74. The third-order valence-corrected chi connectivity index (χ3v) is 7.27. The molecule has 2 heterocycles. The van der Waals surface area contributed by atoms with E-state index in [1.165, 1.54) is 25.3 Å². The van der Waals surface area contributed by atoms with Crippen molar-refractivity contribution in [1.29, 1.82) is 0 Å². The molecule has 1 atom stereocenters. The summed E-state index contributed by atoms with van der Waals surface area (Å²) < 4.78 is 45.2. The number of hydrogen-bond acceptors (Lipinski definition) is 6. The van der Waals surface area contributed by atoms with Gasteiger partial charge in [0, 0.05) is 13.1 Å². The lowest BCUT2D eigenvalue weighted by Gasteiger charge is -2.30. The van der Waals surface area contributed by atoms with Crippen molar-refractivity contribution < 1.29 is 27.4 Å². The van der Waals surface area contributed by atoms with Crippen LogP contribution in [0.5, 0.6) is 17.2 Å². The molecule has 0 radical (unpaired) electrons. The number of amides is 1. The molecule has 0 saturated carbocycles. The number of benzene rings is 2. The maximum absolute atomic E-state index is 13.1. The summed E-state index contributed by atoms with van der Waals surface area (Å²) in [6, 6.07) is 11.6. The van der Waals surface area contributed by atoms with E-state index < -0.39 is 16.1 Å². The van der Waals surface area contributed by atoms with E-state index in [2.05, 4.69) is 11.6 Å². The van der Waals surface area contributed by atoms with Crippen LogP contribution < -0.4 is 18.9 Å². The number of sulfonamides is 1. The predicted molar refractivity (Wildman–Crippen MR) is 119 cm³/mol. The number of rotatable bonds is 6. The summed E-state index contributed by atoms with van der Waals surface area (Å²) in [7, 11) is -2.40. The number of methoxy groups -OCH3 is 1. The Bertz CT molecular complexity index is 1080. The quantitative estimate of drug-likeness (QED) is 0.712. The molecule has 1 saturated heterocycles. The molecule has 2 aromatic rings. The summed E-state index contributed by atoms with van der Waals surface area (Å²) in [6.07, 6.45) is 1.40. The van der Waals surface area contributed by atoms with E-state index in [0.29, 0.717) is 36.3 Å². The molecule has 1 fully saturated rings. The molecular weight excluding hydrogens is 432 g/mol. The average molecular weight is 461 g/mol. The Morgan fingerprint density at radius 2 is 1.88 bits per heavy atom. The lowest BCUT2D eigenvalue weighted by Crippen LogP contribution is -2.41. The Kier molecular flexibility index (Phi) is 6.57. The highest BCUT2D eigenvalue weighted by atomic mass is 32.2. The highest BCUT2D eigenvalue weighted by Gasteiger charge is 2.27. The first-order valence-corrected chi connectivity index (χ1v) is 12.2. The van der Waals surface area contributed by atoms with Crippen molar-refractivity contribution in [3.05, 3.63) is 48.0 Å². The first-order valence-electron chi connectivity index (χ1n) is 10.7. The lowest BCUT2D eigenvalue weighted by atomic mass is 9.98. The van der Waals surface area contributed by atoms with E-state index >= 15 is 0 Å². The van der Waals surface area contributed by atoms with Gasteiger partial charge in [-0.15, -0.1) is 0 Å². The van der Waals surface area contributed by atoms with Crippen LogP contribution >= 0.6 is 0 Å². The molecule has 0 unspecified atom stereocenters. The van der Waals surface area contributed by atoms with Gasteiger partial charge in [-0.05, 0) is 49.1 Å². The van der Waals surface area contributed by atoms with Gasteiger partial charge in [-0.1, -0.05) is 19.1 Å². The van der Waals surface area contributed by atoms with E-state index in [1.54, 1.807) is 17.0 Å². The normalized spacial score (nSPS) is 18.9. The Hall–Kier alpha value is -2.78. The zero-order valence-corrected chi connectivity index (χ0v) is 19.1. The van der Waals surface area contributed by atoms with Crippen LogP contribution in [-0.2, 0) is 10.0 Å². The highest BCUT2D eigenvalue weighted by Crippen LogP contribution is 2.31. The number of para-hydroxylation sites is 2. The Morgan fingerprint density at radius 1 is 1.16 bits per heavy atom. The molecule has 0 bridgehead atoms. The van der Waals surface area contributed by atoms with Crippen molar-refractivity contribution in [2.45, 2.75) is 30.8 Å². The molecule has 8 nitrogen and oxygen atoms in total. The van der Waals surface area contributed by atoms with Crippen LogP contribution in [0.2, 0.25) is 0 Å². The van der Waals surface area contributed by atoms with Gasteiger partial charge in [-0.3, -0.25) is 4.79 Å². The van der Waals surface area contributed by atoms with Gasteiger partial charge in [0.2, 0.25) is 10.0 Å². The molecule has 0 aliphatic carbocycles. The smallest absolute Gasteiger partial charge is 0.257 e. The SMILES string of the molecule is COc1ccc(S(=O)(=O)NC[C@@H]2COc3ccccc3O2)cc1C(=O)N1CCC(C)CC1. The Labute approximate surface area is 188 Å². The van der Waals surface area contributed by atoms with E-state index in [4.69, 9.17) is 14.2 Å². The Balaban J connectivity index is 1.47. The highest BCUT2D eigenvalue weighted by molar-refractivity contribution is 7.89. The fraction of sp³-hybridized carbons (Fsp3) is 0.435. The number of carbonyl (C=O) groups excluding carboxylic acids is 1. The minimum atomic E-state index is -3.87. The molecule has 2 aromatic carbocycles. The zero-order chi connectivity index (χ0) is 22.7. The number of hydrogen-bond donors (Lipinski definition) is 1. The largest absolute Gasteiger partial charge is 0.496 e. The molecule has 0 spiro atoms.